The summed E-state index contributed by atoms with van der Waals surface area (Å²) in [7, 11) is -3.63. The molecule has 4 rings (SSSR count). The van der Waals surface area contributed by atoms with Gasteiger partial charge in [-0.05, 0) is 62.1 Å². The zero-order valence-electron chi connectivity index (χ0n) is 17.6. The van der Waals surface area contributed by atoms with Gasteiger partial charge in [0.25, 0.3) is 0 Å². The van der Waals surface area contributed by atoms with Crippen molar-refractivity contribution in [1.82, 2.24) is 9.62 Å². The van der Waals surface area contributed by atoms with Gasteiger partial charge in [-0.15, -0.1) is 0 Å². The highest BCUT2D eigenvalue weighted by Gasteiger charge is 2.31. The summed E-state index contributed by atoms with van der Waals surface area (Å²) in [6.45, 7) is 6.89. The molecule has 2 aromatic carbocycles. The van der Waals surface area contributed by atoms with E-state index < -0.39 is 10.0 Å². The van der Waals surface area contributed by atoms with E-state index in [0.29, 0.717) is 19.5 Å². The molecule has 2 aromatic rings. The predicted molar refractivity (Wildman–Crippen MR) is 118 cm³/mol. The summed E-state index contributed by atoms with van der Waals surface area (Å²) in [5.41, 5.74) is 3.12. The molecule has 2 heterocycles. The molecule has 2 aliphatic heterocycles. The van der Waals surface area contributed by atoms with Crippen LogP contribution in [0.25, 0.3) is 0 Å². The van der Waals surface area contributed by atoms with Crippen LogP contribution in [0.15, 0.2) is 53.4 Å². The van der Waals surface area contributed by atoms with Crippen LogP contribution in [0, 0.1) is 0 Å². The Kier molecular flexibility index (Phi) is 5.70. The molecular weight excluding hydrogens is 398 g/mol. The first-order chi connectivity index (χ1) is 14.3. The Labute approximate surface area is 178 Å². The smallest absolute Gasteiger partial charge is 0.240 e. The molecule has 0 spiro atoms. The Hall–Kier alpha value is -2.22. The summed E-state index contributed by atoms with van der Waals surface area (Å²) >= 11 is 0. The maximum atomic E-state index is 12.8. The fourth-order valence-corrected chi connectivity index (χ4v) is 5.41. The van der Waals surface area contributed by atoms with E-state index in [1.807, 2.05) is 0 Å². The van der Waals surface area contributed by atoms with Crippen molar-refractivity contribution in [2.75, 3.05) is 24.5 Å². The van der Waals surface area contributed by atoms with Gasteiger partial charge in [0.15, 0.2) is 0 Å². The number of sulfonamides is 1. The van der Waals surface area contributed by atoms with Gasteiger partial charge in [-0.25, -0.2) is 13.1 Å². The van der Waals surface area contributed by atoms with Gasteiger partial charge in [-0.2, -0.15) is 0 Å². The summed E-state index contributed by atoms with van der Waals surface area (Å²) in [4.78, 5) is 16.2. The van der Waals surface area contributed by atoms with Crippen molar-refractivity contribution >= 4 is 21.6 Å². The molecule has 2 aliphatic rings. The van der Waals surface area contributed by atoms with E-state index in [2.05, 4.69) is 47.7 Å². The van der Waals surface area contributed by atoms with Gasteiger partial charge in [-0.1, -0.05) is 24.3 Å². The third-order valence-corrected chi connectivity index (χ3v) is 7.63. The lowest BCUT2D eigenvalue weighted by molar-refractivity contribution is -0.117. The maximum absolute atomic E-state index is 12.8. The number of fused-ring (bicyclic) bond motifs is 1. The molecule has 0 atom stereocenters. The number of carbonyl (C=O) groups excluding carboxylic acids is 1. The second-order valence-electron chi connectivity index (χ2n) is 8.72. The van der Waals surface area contributed by atoms with Gasteiger partial charge in [0.1, 0.15) is 0 Å². The van der Waals surface area contributed by atoms with Gasteiger partial charge >= 0.3 is 0 Å². The fourth-order valence-electron chi connectivity index (χ4n) is 4.21. The summed E-state index contributed by atoms with van der Waals surface area (Å²) in [6.07, 6.45) is 2.37. The molecule has 0 aliphatic carbocycles. The average molecular weight is 428 g/mol. The molecule has 0 radical (unpaired) electrons. The van der Waals surface area contributed by atoms with E-state index >= 15 is 0 Å². The first-order valence-corrected chi connectivity index (χ1v) is 12.0. The standard InChI is InChI=1S/C23H29N3O3S/c1-23(2,25-15-13-18-6-3-4-7-19(18)16-25)17-24-30(28,29)21-11-9-20(10-12-21)26-14-5-8-22(26)27/h3-4,6-7,9-12,24H,5,8,13-17H2,1-2H3. The summed E-state index contributed by atoms with van der Waals surface area (Å²) in [5.74, 6) is 0.0913. The molecule has 0 unspecified atom stereocenters. The van der Waals surface area contributed by atoms with Crippen LogP contribution in [-0.4, -0.2) is 44.4 Å². The minimum absolute atomic E-state index is 0.0913. The van der Waals surface area contributed by atoms with Gasteiger partial charge in [0, 0.05) is 43.8 Å². The van der Waals surface area contributed by atoms with Crippen LogP contribution in [0.4, 0.5) is 5.69 Å². The second-order valence-corrected chi connectivity index (χ2v) is 10.5. The zero-order chi connectivity index (χ0) is 21.4. The number of hydrogen-bond donors (Lipinski definition) is 1. The zero-order valence-corrected chi connectivity index (χ0v) is 18.4. The molecule has 30 heavy (non-hydrogen) atoms. The van der Waals surface area contributed by atoms with Crippen LogP contribution in [0.3, 0.4) is 0 Å². The molecule has 0 bridgehead atoms. The highest BCUT2D eigenvalue weighted by atomic mass is 32.2. The molecule has 6 nitrogen and oxygen atoms in total. The van der Waals surface area contributed by atoms with E-state index in [1.54, 1.807) is 29.2 Å². The number of amides is 1. The molecule has 0 saturated carbocycles. The lowest BCUT2D eigenvalue weighted by Gasteiger charge is -2.41. The highest BCUT2D eigenvalue weighted by molar-refractivity contribution is 7.89. The van der Waals surface area contributed by atoms with Crippen LogP contribution >= 0.6 is 0 Å². The van der Waals surface area contributed by atoms with Gasteiger partial charge in [0.05, 0.1) is 4.90 Å². The number of nitrogens with zero attached hydrogens (tertiary/aromatic N) is 2. The van der Waals surface area contributed by atoms with Crippen LogP contribution in [0.1, 0.15) is 37.8 Å². The third-order valence-electron chi connectivity index (χ3n) is 6.21. The van der Waals surface area contributed by atoms with Crippen molar-refractivity contribution < 1.29 is 13.2 Å². The average Bonchev–Trinajstić information content (AvgIpc) is 3.18. The normalized spacial score (nSPS) is 17.9. The van der Waals surface area contributed by atoms with E-state index in [1.165, 1.54) is 11.1 Å². The molecule has 1 saturated heterocycles. The van der Waals surface area contributed by atoms with Gasteiger partial charge in [0.2, 0.25) is 15.9 Å². The Morgan fingerprint density at radius 1 is 0.967 bits per heavy atom. The van der Waals surface area contributed by atoms with E-state index in [4.69, 9.17) is 0 Å². The number of anilines is 1. The third kappa shape index (κ3) is 4.29. The van der Waals surface area contributed by atoms with E-state index in [9.17, 15) is 13.2 Å². The van der Waals surface area contributed by atoms with Crippen molar-refractivity contribution in [2.45, 2.75) is 50.1 Å². The number of rotatable bonds is 6. The maximum Gasteiger partial charge on any atom is 0.240 e. The first kappa shape index (κ1) is 21.0. The molecule has 1 N–H and O–H groups in total. The number of carbonyl (C=O) groups is 1. The largest absolute Gasteiger partial charge is 0.312 e. The van der Waals surface area contributed by atoms with Crippen LogP contribution < -0.4 is 9.62 Å². The molecule has 1 fully saturated rings. The Balaban J connectivity index is 1.41. The molecule has 1 amide bonds. The lowest BCUT2D eigenvalue weighted by atomic mass is 9.94. The quantitative estimate of drug-likeness (QED) is 0.770. The van der Waals surface area contributed by atoms with E-state index in [0.717, 1.165) is 31.6 Å². The van der Waals surface area contributed by atoms with Crippen molar-refractivity contribution in [3.63, 3.8) is 0 Å². The minimum Gasteiger partial charge on any atom is -0.312 e. The Morgan fingerprint density at radius 3 is 2.33 bits per heavy atom. The Morgan fingerprint density at radius 2 is 1.67 bits per heavy atom. The predicted octanol–water partition coefficient (Wildman–Crippen LogP) is 2.93. The summed E-state index contributed by atoms with van der Waals surface area (Å²) < 4.78 is 28.5. The van der Waals surface area contributed by atoms with Crippen molar-refractivity contribution in [3.8, 4) is 0 Å². The second kappa shape index (κ2) is 8.13. The van der Waals surface area contributed by atoms with Crippen LogP contribution in [0.5, 0.6) is 0 Å². The van der Waals surface area contributed by atoms with Crippen molar-refractivity contribution in [3.05, 3.63) is 59.7 Å². The molecule has 0 aromatic heterocycles. The van der Waals surface area contributed by atoms with E-state index in [-0.39, 0.29) is 16.3 Å². The Bertz CT molecular complexity index is 1030. The first-order valence-electron chi connectivity index (χ1n) is 10.5. The minimum atomic E-state index is -3.63. The number of benzene rings is 2. The summed E-state index contributed by atoms with van der Waals surface area (Å²) in [6, 6.07) is 15.0. The van der Waals surface area contributed by atoms with Gasteiger partial charge < -0.3 is 4.90 Å². The number of hydrogen-bond acceptors (Lipinski definition) is 4. The summed E-state index contributed by atoms with van der Waals surface area (Å²) in [5, 5.41) is 0. The van der Waals surface area contributed by atoms with Crippen LogP contribution in [0.2, 0.25) is 0 Å². The highest BCUT2D eigenvalue weighted by Crippen LogP contribution is 2.26. The van der Waals surface area contributed by atoms with Gasteiger partial charge in [-0.3, -0.25) is 9.69 Å². The monoisotopic (exact) mass is 427 g/mol. The van der Waals surface area contributed by atoms with Crippen LogP contribution in [-0.2, 0) is 27.8 Å². The van der Waals surface area contributed by atoms with Crippen molar-refractivity contribution in [2.24, 2.45) is 0 Å². The van der Waals surface area contributed by atoms with Crippen molar-refractivity contribution in [1.29, 1.82) is 0 Å². The SMILES string of the molecule is CC(C)(CNS(=O)(=O)c1ccc(N2CCCC2=O)cc1)N1CCc2ccccc2C1. The topological polar surface area (TPSA) is 69.7 Å². The molecule has 7 heteroatoms. The fraction of sp³-hybridized carbons (Fsp3) is 0.435. The molecule has 160 valence electrons. The lowest BCUT2D eigenvalue weighted by Crippen LogP contribution is -2.53. The molecular formula is C23H29N3O3S. The number of nitrogens with one attached hydrogen (secondary N) is 1.